The highest BCUT2D eigenvalue weighted by atomic mass is 32.2. The van der Waals surface area contributed by atoms with Gasteiger partial charge in [-0.3, -0.25) is 14.3 Å². The van der Waals surface area contributed by atoms with E-state index in [1.165, 1.54) is 18.2 Å². The van der Waals surface area contributed by atoms with Crippen LogP contribution in [0.25, 0.3) is 11.0 Å². The molecule has 1 aliphatic heterocycles. The number of aromatic nitrogens is 2. The fraction of sp³-hybridized carbons (Fsp3) is 0.318. The van der Waals surface area contributed by atoms with Crippen LogP contribution in [0.1, 0.15) is 27.9 Å². The first-order valence-corrected chi connectivity index (χ1v) is 11.6. The molecule has 1 fully saturated rings. The molecule has 4 rings (SSSR count). The minimum absolute atomic E-state index is 0.0413. The Balaban J connectivity index is 1.64. The van der Waals surface area contributed by atoms with Crippen molar-refractivity contribution in [2.75, 3.05) is 37.7 Å². The molecule has 1 atom stereocenters. The van der Waals surface area contributed by atoms with Crippen molar-refractivity contribution in [2.24, 2.45) is 0 Å². The van der Waals surface area contributed by atoms with Gasteiger partial charge < -0.3 is 9.64 Å². The number of morpholine rings is 1. The minimum Gasteiger partial charge on any atom is -0.378 e. The van der Waals surface area contributed by atoms with Gasteiger partial charge in [-0.05, 0) is 42.7 Å². The number of hydrogen-bond donors (Lipinski definition) is 2. The molecule has 3 aromatic rings. The monoisotopic (exact) mass is 494 g/mol. The van der Waals surface area contributed by atoms with Crippen LogP contribution < -0.4 is 9.62 Å². The molecule has 0 bridgehead atoms. The maximum Gasteiger partial charge on any atom is 0.231 e. The van der Waals surface area contributed by atoms with Crippen molar-refractivity contribution in [2.45, 2.75) is 12.8 Å². The number of aryl methyl sites for hydroxylation is 1. The van der Waals surface area contributed by atoms with Gasteiger partial charge in [0.15, 0.2) is 17.4 Å². The van der Waals surface area contributed by atoms with E-state index in [9.17, 15) is 17.8 Å². The number of carbonyl (C=O) groups excluding carboxylic acids is 1. The third-order valence-electron chi connectivity index (χ3n) is 5.43. The van der Waals surface area contributed by atoms with E-state index in [4.69, 9.17) is 9.29 Å². The quantitative estimate of drug-likeness (QED) is 0.215. The lowest BCUT2D eigenvalue weighted by molar-refractivity contribution is 0.102. The maximum absolute atomic E-state index is 15.1. The van der Waals surface area contributed by atoms with Gasteiger partial charge in [0.1, 0.15) is 11.6 Å². The Bertz CT molecular complexity index is 1250. The van der Waals surface area contributed by atoms with E-state index in [-0.39, 0.29) is 30.5 Å². The van der Waals surface area contributed by atoms with Gasteiger partial charge in [0, 0.05) is 25.2 Å². The highest BCUT2D eigenvalue weighted by Gasteiger charge is 2.26. The smallest absolute Gasteiger partial charge is 0.231 e. The molecule has 0 amide bonds. The Morgan fingerprint density at radius 3 is 2.65 bits per heavy atom. The molecule has 0 spiro atoms. The van der Waals surface area contributed by atoms with Crippen LogP contribution in [0.5, 0.6) is 0 Å². The standard InChI is InChI=1S/C22H21F3N4O4S/c23-15-10-13(2-1-5-27-34(31)32)20(24)19(21(15)25)22(30)14-3-4-16-17(11-14)28-18(12-26-16)29-6-8-33-9-7-29/h3-4,10-12,27H,1-2,5-9H2,(H,31,32). The minimum atomic E-state index is -2.24. The molecule has 8 nitrogen and oxygen atoms in total. The fourth-order valence-corrected chi connectivity index (χ4v) is 4.03. The molecule has 1 saturated heterocycles. The number of fused-ring (bicyclic) bond motifs is 1. The Kier molecular flexibility index (Phi) is 7.51. The van der Waals surface area contributed by atoms with Crippen molar-refractivity contribution in [1.29, 1.82) is 0 Å². The lowest BCUT2D eigenvalue weighted by atomic mass is 9.97. The predicted octanol–water partition coefficient (Wildman–Crippen LogP) is 2.77. The molecule has 2 aromatic carbocycles. The molecule has 1 aliphatic rings. The zero-order valence-electron chi connectivity index (χ0n) is 17.9. The summed E-state index contributed by atoms with van der Waals surface area (Å²) in [6.45, 7) is 2.40. The van der Waals surface area contributed by atoms with Crippen molar-refractivity contribution in [3.05, 3.63) is 64.6 Å². The lowest BCUT2D eigenvalue weighted by Crippen LogP contribution is -2.36. The number of ketones is 1. The number of ether oxygens (including phenoxy) is 1. The van der Waals surface area contributed by atoms with Crippen LogP contribution in [0.3, 0.4) is 0 Å². The van der Waals surface area contributed by atoms with E-state index in [1.807, 2.05) is 4.90 Å². The van der Waals surface area contributed by atoms with E-state index in [1.54, 1.807) is 6.20 Å². The molecule has 1 unspecified atom stereocenters. The van der Waals surface area contributed by atoms with Crippen LogP contribution in [-0.4, -0.2) is 57.4 Å². The molecule has 0 radical (unpaired) electrons. The molecule has 0 aliphatic carbocycles. The highest BCUT2D eigenvalue weighted by molar-refractivity contribution is 7.77. The average molecular weight is 494 g/mol. The summed E-state index contributed by atoms with van der Waals surface area (Å²) in [5.41, 5.74) is -0.417. The molecular formula is C22H21F3N4O4S. The average Bonchev–Trinajstić information content (AvgIpc) is 2.84. The Morgan fingerprint density at radius 2 is 1.91 bits per heavy atom. The first kappa shape index (κ1) is 24.2. The van der Waals surface area contributed by atoms with E-state index < -0.39 is 40.1 Å². The summed E-state index contributed by atoms with van der Waals surface area (Å²) in [5, 5.41) is 0. The van der Waals surface area contributed by atoms with Crippen LogP contribution in [0.15, 0.2) is 30.5 Å². The molecule has 1 aromatic heterocycles. The summed E-state index contributed by atoms with van der Waals surface area (Å²) >= 11 is -2.24. The maximum atomic E-state index is 15.1. The van der Waals surface area contributed by atoms with Gasteiger partial charge in [-0.15, -0.1) is 0 Å². The Hall–Kier alpha value is -2.93. The number of anilines is 1. The zero-order chi connectivity index (χ0) is 24.2. The van der Waals surface area contributed by atoms with Crippen molar-refractivity contribution in [3.8, 4) is 0 Å². The third kappa shape index (κ3) is 5.25. The van der Waals surface area contributed by atoms with Gasteiger partial charge in [-0.25, -0.2) is 27.1 Å². The summed E-state index contributed by atoms with van der Waals surface area (Å²) in [6.07, 6.45) is 1.70. The summed E-state index contributed by atoms with van der Waals surface area (Å²) in [6, 6.07) is 4.93. The predicted molar refractivity (Wildman–Crippen MR) is 119 cm³/mol. The summed E-state index contributed by atoms with van der Waals surface area (Å²) < 4.78 is 70.7. The number of nitrogens with zero attached hydrogens (tertiary/aromatic N) is 3. The van der Waals surface area contributed by atoms with E-state index in [0.29, 0.717) is 49.2 Å². The van der Waals surface area contributed by atoms with Crippen molar-refractivity contribution in [1.82, 2.24) is 14.7 Å². The summed E-state index contributed by atoms with van der Waals surface area (Å²) in [7, 11) is 0. The lowest BCUT2D eigenvalue weighted by Gasteiger charge is -2.27. The Morgan fingerprint density at radius 1 is 1.15 bits per heavy atom. The number of rotatable bonds is 8. The molecule has 34 heavy (non-hydrogen) atoms. The number of carbonyl (C=O) groups is 1. The van der Waals surface area contributed by atoms with Gasteiger partial charge in [-0.1, -0.05) is 0 Å². The van der Waals surface area contributed by atoms with Crippen LogP contribution in [0.4, 0.5) is 19.0 Å². The SMILES string of the molecule is O=C(c1ccc2ncc(N3CCOCC3)nc2c1)c1c(F)c(F)cc(CCCNS(=O)O)c1F. The normalized spacial score (nSPS) is 15.0. The molecule has 12 heteroatoms. The summed E-state index contributed by atoms with van der Waals surface area (Å²) in [5.74, 6) is -4.53. The van der Waals surface area contributed by atoms with Gasteiger partial charge >= 0.3 is 0 Å². The van der Waals surface area contributed by atoms with E-state index in [0.717, 1.165) is 0 Å². The second-order valence-electron chi connectivity index (χ2n) is 7.63. The molecule has 0 saturated carbocycles. The van der Waals surface area contributed by atoms with Gasteiger partial charge in [-0.2, -0.15) is 0 Å². The number of hydrogen-bond acceptors (Lipinski definition) is 6. The van der Waals surface area contributed by atoms with Gasteiger partial charge in [0.25, 0.3) is 0 Å². The second-order valence-corrected chi connectivity index (χ2v) is 8.41. The fourth-order valence-electron chi connectivity index (χ4n) is 3.71. The Labute approximate surface area is 195 Å². The molecule has 2 N–H and O–H groups in total. The number of benzene rings is 2. The van der Waals surface area contributed by atoms with Crippen LogP contribution in [0.2, 0.25) is 0 Å². The second kappa shape index (κ2) is 10.6. The molecule has 2 heterocycles. The van der Waals surface area contributed by atoms with Crippen molar-refractivity contribution < 1.29 is 31.5 Å². The number of nitrogens with one attached hydrogen (secondary N) is 1. The largest absolute Gasteiger partial charge is 0.378 e. The number of halogens is 3. The van der Waals surface area contributed by atoms with Crippen LogP contribution in [-0.2, 0) is 22.4 Å². The summed E-state index contributed by atoms with van der Waals surface area (Å²) in [4.78, 5) is 23.9. The highest BCUT2D eigenvalue weighted by Crippen LogP contribution is 2.26. The van der Waals surface area contributed by atoms with Crippen molar-refractivity contribution >= 4 is 33.9 Å². The zero-order valence-corrected chi connectivity index (χ0v) is 18.7. The van der Waals surface area contributed by atoms with Gasteiger partial charge in [0.05, 0.1) is 36.0 Å². The van der Waals surface area contributed by atoms with Crippen LogP contribution >= 0.6 is 0 Å². The molecular weight excluding hydrogens is 473 g/mol. The molecule has 180 valence electrons. The topological polar surface area (TPSA) is 105 Å². The first-order chi connectivity index (χ1) is 16.3. The first-order valence-electron chi connectivity index (χ1n) is 10.5. The van der Waals surface area contributed by atoms with E-state index in [2.05, 4.69) is 14.7 Å². The van der Waals surface area contributed by atoms with E-state index >= 15 is 4.39 Å². The van der Waals surface area contributed by atoms with Gasteiger partial charge in [0.2, 0.25) is 11.3 Å². The van der Waals surface area contributed by atoms with Crippen LogP contribution in [0, 0.1) is 17.5 Å². The van der Waals surface area contributed by atoms with Crippen molar-refractivity contribution in [3.63, 3.8) is 0 Å². The third-order valence-corrected chi connectivity index (χ3v) is 5.88.